The maximum atomic E-state index is 13.9. The number of hydrogen-bond donors (Lipinski definition) is 1. The molecule has 3 rings (SSSR count). The van der Waals surface area contributed by atoms with Gasteiger partial charge in [-0.3, -0.25) is 4.79 Å². The normalized spacial score (nSPS) is 23.7. The average molecular weight is 349 g/mol. The highest BCUT2D eigenvalue weighted by Crippen LogP contribution is 2.28. The third-order valence-corrected chi connectivity index (χ3v) is 5.20. The van der Waals surface area contributed by atoms with Crippen molar-refractivity contribution in [3.05, 3.63) is 35.6 Å². The molecule has 0 bridgehead atoms. The van der Waals surface area contributed by atoms with Gasteiger partial charge in [0.2, 0.25) is 0 Å². The third-order valence-electron chi connectivity index (χ3n) is 5.20. The van der Waals surface area contributed by atoms with Crippen LogP contribution in [0.2, 0.25) is 0 Å². The number of aliphatic carboxylic acids is 1. The molecule has 0 unspecified atom stereocenters. The van der Waals surface area contributed by atoms with E-state index in [0.717, 1.165) is 25.7 Å². The standard InChI is InChI=1S/C19H24FNO4/c20-15-8-4-1-5-13(15)11-12-21(14-6-2-3-7-14)18(22)16-9-10-17(25-16)19(23)24/h1,4-5,8,14,16-17H,2-3,6-7,9-12H2,(H,23,24)/t16-,17+/m1/s1. The van der Waals surface area contributed by atoms with Gasteiger partial charge in [0.05, 0.1) is 0 Å². The van der Waals surface area contributed by atoms with Crippen LogP contribution in [0.1, 0.15) is 44.1 Å². The van der Waals surface area contributed by atoms with E-state index >= 15 is 0 Å². The van der Waals surface area contributed by atoms with Gasteiger partial charge in [0.1, 0.15) is 11.9 Å². The summed E-state index contributed by atoms with van der Waals surface area (Å²) in [5.41, 5.74) is 0.592. The van der Waals surface area contributed by atoms with Crippen molar-refractivity contribution in [1.82, 2.24) is 4.90 Å². The van der Waals surface area contributed by atoms with Crippen LogP contribution in [0.4, 0.5) is 4.39 Å². The Balaban J connectivity index is 1.68. The van der Waals surface area contributed by atoms with Gasteiger partial charge in [0, 0.05) is 12.6 Å². The van der Waals surface area contributed by atoms with Crippen LogP contribution in [-0.2, 0) is 20.7 Å². The minimum absolute atomic E-state index is 0.145. The molecule has 136 valence electrons. The van der Waals surface area contributed by atoms with Gasteiger partial charge in [-0.2, -0.15) is 0 Å². The molecule has 1 saturated carbocycles. The van der Waals surface area contributed by atoms with Crippen LogP contribution in [0.15, 0.2) is 24.3 Å². The molecule has 2 atom stereocenters. The second kappa shape index (κ2) is 7.95. The number of hydrogen-bond acceptors (Lipinski definition) is 3. The van der Waals surface area contributed by atoms with E-state index in [2.05, 4.69) is 0 Å². The fourth-order valence-electron chi connectivity index (χ4n) is 3.82. The Morgan fingerprint density at radius 2 is 1.80 bits per heavy atom. The van der Waals surface area contributed by atoms with Crippen LogP contribution in [-0.4, -0.2) is 46.7 Å². The SMILES string of the molecule is O=C(O)[C@@H]1CC[C@H](C(=O)N(CCc2ccccc2F)C2CCCC2)O1. The Morgan fingerprint density at radius 1 is 1.12 bits per heavy atom. The van der Waals surface area contributed by atoms with Crippen molar-refractivity contribution < 1.29 is 23.8 Å². The summed E-state index contributed by atoms with van der Waals surface area (Å²) >= 11 is 0. The Morgan fingerprint density at radius 3 is 2.44 bits per heavy atom. The lowest BCUT2D eigenvalue weighted by molar-refractivity contribution is -0.155. The second-order valence-electron chi connectivity index (χ2n) is 6.84. The molecule has 0 aromatic heterocycles. The van der Waals surface area contributed by atoms with Crippen molar-refractivity contribution in [2.75, 3.05) is 6.54 Å². The first kappa shape index (κ1) is 17.9. The Labute approximate surface area is 146 Å². The molecular weight excluding hydrogens is 325 g/mol. The highest BCUT2D eigenvalue weighted by Gasteiger charge is 2.39. The smallest absolute Gasteiger partial charge is 0.332 e. The van der Waals surface area contributed by atoms with E-state index in [4.69, 9.17) is 9.84 Å². The van der Waals surface area contributed by atoms with Crippen molar-refractivity contribution in [2.24, 2.45) is 0 Å². The molecule has 1 aromatic rings. The number of benzene rings is 1. The Kier molecular flexibility index (Phi) is 5.68. The number of nitrogens with zero attached hydrogens (tertiary/aromatic N) is 1. The summed E-state index contributed by atoms with van der Waals surface area (Å²) in [6.07, 6.45) is 3.69. The van der Waals surface area contributed by atoms with Gasteiger partial charge in [-0.15, -0.1) is 0 Å². The number of rotatable bonds is 6. The summed E-state index contributed by atoms with van der Waals surface area (Å²) in [5.74, 6) is -1.43. The number of carboxylic acids is 1. The molecule has 25 heavy (non-hydrogen) atoms. The van der Waals surface area contributed by atoms with Gasteiger partial charge in [0.15, 0.2) is 6.10 Å². The van der Waals surface area contributed by atoms with E-state index in [9.17, 15) is 14.0 Å². The maximum absolute atomic E-state index is 13.9. The van der Waals surface area contributed by atoms with Crippen molar-refractivity contribution >= 4 is 11.9 Å². The monoisotopic (exact) mass is 349 g/mol. The summed E-state index contributed by atoms with van der Waals surface area (Å²) in [5, 5.41) is 9.05. The van der Waals surface area contributed by atoms with Crippen LogP contribution < -0.4 is 0 Å². The van der Waals surface area contributed by atoms with Gasteiger partial charge in [-0.25, -0.2) is 9.18 Å². The summed E-state index contributed by atoms with van der Waals surface area (Å²) in [7, 11) is 0. The molecule has 1 aliphatic carbocycles. The second-order valence-corrected chi connectivity index (χ2v) is 6.84. The summed E-state index contributed by atoms with van der Waals surface area (Å²) in [6, 6.07) is 6.74. The topological polar surface area (TPSA) is 66.8 Å². The Hall–Kier alpha value is -1.95. The van der Waals surface area contributed by atoms with Crippen LogP contribution in [0.25, 0.3) is 0 Å². The minimum Gasteiger partial charge on any atom is -0.479 e. The predicted octanol–water partition coefficient (Wildman–Crippen LogP) is 2.77. The lowest BCUT2D eigenvalue weighted by atomic mass is 10.1. The van der Waals surface area contributed by atoms with Crippen molar-refractivity contribution in [1.29, 1.82) is 0 Å². The molecule has 0 radical (unpaired) electrons. The molecule has 6 heteroatoms. The molecule has 1 heterocycles. The highest BCUT2D eigenvalue weighted by molar-refractivity contribution is 5.83. The van der Waals surface area contributed by atoms with Crippen LogP contribution in [0.3, 0.4) is 0 Å². The van der Waals surface area contributed by atoms with Crippen molar-refractivity contribution in [3.63, 3.8) is 0 Å². The maximum Gasteiger partial charge on any atom is 0.332 e. The molecule has 2 aliphatic rings. The molecule has 5 nitrogen and oxygen atoms in total. The molecule has 1 aliphatic heterocycles. The minimum atomic E-state index is -1.02. The van der Waals surface area contributed by atoms with Crippen LogP contribution >= 0.6 is 0 Å². The quantitative estimate of drug-likeness (QED) is 0.858. The molecule has 1 aromatic carbocycles. The van der Waals surface area contributed by atoms with E-state index in [1.807, 2.05) is 0 Å². The lowest BCUT2D eigenvalue weighted by Crippen LogP contribution is -2.46. The highest BCUT2D eigenvalue weighted by atomic mass is 19.1. The number of carbonyl (C=O) groups is 2. The first-order valence-corrected chi connectivity index (χ1v) is 8.98. The van der Waals surface area contributed by atoms with Crippen LogP contribution in [0, 0.1) is 5.82 Å². The van der Waals surface area contributed by atoms with Gasteiger partial charge >= 0.3 is 5.97 Å². The van der Waals surface area contributed by atoms with E-state index in [-0.39, 0.29) is 17.8 Å². The van der Waals surface area contributed by atoms with Gasteiger partial charge in [-0.1, -0.05) is 31.0 Å². The number of ether oxygens (including phenoxy) is 1. The van der Waals surface area contributed by atoms with E-state index in [1.165, 1.54) is 6.07 Å². The van der Waals surface area contributed by atoms with Gasteiger partial charge < -0.3 is 14.7 Å². The molecule has 0 spiro atoms. The van der Waals surface area contributed by atoms with E-state index < -0.39 is 18.2 Å². The van der Waals surface area contributed by atoms with E-state index in [0.29, 0.717) is 31.4 Å². The largest absolute Gasteiger partial charge is 0.479 e. The summed E-state index contributed by atoms with van der Waals surface area (Å²) < 4.78 is 19.3. The van der Waals surface area contributed by atoms with E-state index in [1.54, 1.807) is 23.1 Å². The summed E-state index contributed by atoms with van der Waals surface area (Å²) in [6.45, 7) is 0.433. The first-order valence-electron chi connectivity index (χ1n) is 8.98. The molecule has 2 fully saturated rings. The third kappa shape index (κ3) is 4.18. The fraction of sp³-hybridized carbons (Fsp3) is 0.579. The number of carbonyl (C=O) groups excluding carboxylic acids is 1. The van der Waals surface area contributed by atoms with Crippen LogP contribution in [0.5, 0.6) is 0 Å². The Bertz CT molecular complexity index is 630. The summed E-state index contributed by atoms with van der Waals surface area (Å²) in [4.78, 5) is 25.8. The lowest BCUT2D eigenvalue weighted by Gasteiger charge is -2.31. The molecule has 1 saturated heterocycles. The zero-order valence-corrected chi connectivity index (χ0v) is 14.2. The number of carboxylic acid groups (broad SMARTS) is 1. The number of amides is 1. The van der Waals surface area contributed by atoms with Gasteiger partial charge in [0.25, 0.3) is 5.91 Å². The molecular formula is C19H24FNO4. The average Bonchev–Trinajstić information content (AvgIpc) is 3.28. The van der Waals surface area contributed by atoms with Crippen molar-refractivity contribution in [2.45, 2.75) is 63.2 Å². The van der Waals surface area contributed by atoms with Crippen molar-refractivity contribution in [3.8, 4) is 0 Å². The molecule has 1 amide bonds. The fourth-order valence-corrected chi connectivity index (χ4v) is 3.82. The predicted molar refractivity (Wildman–Crippen MR) is 89.6 cm³/mol. The first-order chi connectivity index (χ1) is 12.1. The molecule has 1 N–H and O–H groups in total. The zero-order valence-electron chi connectivity index (χ0n) is 14.2. The zero-order chi connectivity index (χ0) is 17.8. The van der Waals surface area contributed by atoms with Gasteiger partial charge in [-0.05, 0) is 43.7 Å². The number of halogens is 1.